The lowest BCUT2D eigenvalue weighted by atomic mass is 9.66. The highest BCUT2D eigenvalue weighted by Crippen LogP contribution is 2.45. The normalized spacial score (nSPS) is 26.8. The van der Waals surface area contributed by atoms with E-state index in [1.807, 2.05) is 0 Å². The molecule has 0 bridgehead atoms. The van der Waals surface area contributed by atoms with Crippen LogP contribution in [-0.4, -0.2) is 5.78 Å². The monoisotopic (exact) mass is 244 g/mol. The van der Waals surface area contributed by atoms with E-state index in [1.165, 1.54) is 30.4 Å². The van der Waals surface area contributed by atoms with E-state index in [4.69, 9.17) is 0 Å². The number of carbonyl (C=O) groups is 1. The summed E-state index contributed by atoms with van der Waals surface area (Å²) in [5.41, 5.74) is 5.21. The van der Waals surface area contributed by atoms with E-state index in [0.29, 0.717) is 11.3 Å². The second-order valence-corrected chi connectivity index (χ2v) is 6.16. The number of hydrogen-bond acceptors (Lipinski definition) is 1. The van der Waals surface area contributed by atoms with Crippen molar-refractivity contribution in [3.05, 3.63) is 34.4 Å². The number of carbonyl (C=O) groups excluding carboxylic acids is 1. The first-order valence-corrected chi connectivity index (χ1v) is 7.05. The van der Waals surface area contributed by atoms with Crippen molar-refractivity contribution in [3.63, 3.8) is 0 Å². The highest BCUT2D eigenvalue weighted by Gasteiger charge is 2.33. The van der Waals surface area contributed by atoms with Crippen molar-refractivity contribution >= 4 is 5.78 Å². The Morgan fingerprint density at radius 3 is 2.67 bits per heavy atom. The number of hydrogen-bond donors (Lipinski definition) is 0. The highest BCUT2D eigenvalue weighted by atomic mass is 16.1. The molecule has 98 valence electrons. The quantitative estimate of drug-likeness (QED) is 0.685. The minimum Gasteiger partial charge on any atom is -0.295 e. The van der Waals surface area contributed by atoms with Crippen LogP contribution in [0.1, 0.15) is 79.9 Å². The molecule has 0 unspecified atom stereocenters. The zero-order valence-corrected chi connectivity index (χ0v) is 12.3. The van der Waals surface area contributed by atoms with Gasteiger partial charge in [0.1, 0.15) is 0 Å². The Labute approximate surface area is 111 Å². The number of benzene rings is 1. The zero-order chi connectivity index (χ0) is 13.5. The van der Waals surface area contributed by atoms with E-state index in [9.17, 15) is 4.79 Å². The van der Waals surface area contributed by atoms with Crippen LogP contribution in [0.2, 0.25) is 0 Å². The van der Waals surface area contributed by atoms with Crippen LogP contribution in [0.4, 0.5) is 0 Å². The molecule has 1 nitrogen and oxygen atoms in total. The lowest BCUT2D eigenvalue weighted by Crippen LogP contribution is -2.28. The van der Waals surface area contributed by atoms with Gasteiger partial charge in [0.2, 0.25) is 0 Å². The lowest BCUT2D eigenvalue weighted by Gasteiger charge is -2.39. The van der Waals surface area contributed by atoms with Crippen LogP contribution in [-0.2, 0) is 5.41 Å². The summed E-state index contributed by atoms with van der Waals surface area (Å²) in [5.74, 6) is 0.768. The van der Waals surface area contributed by atoms with Gasteiger partial charge in [-0.3, -0.25) is 4.79 Å². The summed E-state index contributed by atoms with van der Waals surface area (Å²) >= 11 is 0. The minimum absolute atomic E-state index is 0.186. The Kier molecular flexibility index (Phi) is 3.35. The van der Waals surface area contributed by atoms with Crippen LogP contribution in [0.5, 0.6) is 0 Å². The molecule has 0 saturated heterocycles. The molecular formula is C17H24O. The van der Waals surface area contributed by atoms with Gasteiger partial charge >= 0.3 is 0 Å². The number of Topliss-reactive ketones (excluding diaryl/α,β-unsaturated/α-hetero) is 1. The van der Waals surface area contributed by atoms with Gasteiger partial charge in [0.05, 0.1) is 0 Å². The van der Waals surface area contributed by atoms with Crippen molar-refractivity contribution in [1.82, 2.24) is 0 Å². The summed E-state index contributed by atoms with van der Waals surface area (Å²) in [4.78, 5) is 11.7. The maximum absolute atomic E-state index is 11.7. The van der Waals surface area contributed by atoms with Gasteiger partial charge in [0.25, 0.3) is 0 Å². The van der Waals surface area contributed by atoms with Crippen molar-refractivity contribution in [3.8, 4) is 0 Å². The molecule has 0 N–H and O–H groups in total. The highest BCUT2D eigenvalue weighted by molar-refractivity contribution is 5.95. The third kappa shape index (κ3) is 2.00. The summed E-state index contributed by atoms with van der Waals surface area (Å²) in [6.45, 7) is 10.7. The van der Waals surface area contributed by atoms with E-state index >= 15 is 0 Å². The molecule has 0 aromatic heterocycles. The van der Waals surface area contributed by atoms with E-state index in [-0.39, 0.29) is 5.78 Å². The summed E-state index contributed by atoms with van der Waals surface area (Å²) in [5, 5.41) is 0. The third-order valence-electron chi connectivity index (χ3n) is 4.87. The van der Waals surface area contributed by atoms with Gasteiger partial charge in [0.15, 0.2) is 5.78 Å². The summed E-state index contributed by atoms with van der Waals surface area (Å²) in [6.07, 6.45) is 3.67. The molecule has 2 rings (SSSR count). The maximum atomic E-state index is 11.7. The number of aryl methyl sites for hydroxylation is 1. The zero-order valence-electron chi connectivity index (χ0n) is 12.3. The largest absolute Gasteiger partial charge is 0.295 e. The smallest absolute Gasteiger partial charge is 0.160 e. The van der Waals surface area contributed by atoms with Gasteiger partial charge < -0.3 is 0 Å². The number of fused-ring (bicyclic) bond motifs is 1. The van der Waals surface area contributed by atoms with Crippen molar-refractivity contribution in [1.29, 1.82) is 0 Å². The average Bonchev–Trinajstić information content (AvgIpc) is 2.33. The molecule has 0 heterocycles. The van der Waals surface area contributed by atoms with Crippen molar-refractivity contribution in [2.45, 2.75) is 65.2 Å². The van der Waals surface area contributed by atoms with Crippen molar-refractivity contribution in [2.24, 2.45) is 0 Å². The van der Waals surface area contributed by atoms with Crippen molar-refractivity contribution in [2.75, 3.05) is 0 Å². The first kappa shape index (κ1) is 13.3. The molecule has 1 heteroatoms. The first-order chi connectivity index (χ1) is 8.39. The van der Waals surface area contributed by atoms with Gasteiger partial charge in [-0.2, -0.15) is 0 Å². The second-order valence-electron chi connectivity index (χ2n) is 6.16. The molecule has 0 fully saturated rings. The van der Waals surface area contributed by atoms with Crippen LogP contribution in [0, 0.1) is 6.92 Å². The minimum atomic E-state index is 0.186. The summed E-state index contributed by atoms with van der Waals surface area (Å²) < 4.78 is 0. The second kappa shape index (κ2) is 4.53. The van der Waals surface area contributed by atoms with Crippen LogP contribution in [0.25, 0.3) is 0 Å². The van der Waals surface area contributed by atoms with Gasteiger partial charge in [-0.25, -0.2) is 0 Å². The molecule has 1 aliphatic rings. The fraction of sp³-hybridized carbons (Fsp3) is 0.588. The molecule has 0 spiro atoms. The van der Waals surface area contributed by atoms with Crippen LogP contribution < -0.4 is 0 Å². The van der Waals surface area contributed by atoms with Crippen LogP contribution in [0.3, 0.4) is 0 Å². The molecule has 18 heavy (non-hydrogen) atoms. The lowest BCUT2D eigenvalue weighted by molar-refractivity contribution is 0.101. The van der Waals surface area contributed by atoms with E-state index in [1.54, 1.807) is 6.92 Å². The fourth-order valence-corrected chi connectivity index (χ4v) is 3.23. The molecule has 0 radical (unpaired) electrons. The molecular weight excluding hydrogens is 220 g/mol. The van der Waals surface area contributed by atoms with Crippen LogP contribution in [0.15, 0.2) is 12.1 Å². The van der Waals surface area contributed by atoms with E-state index in [0.717, 1.165) is 11.1 Å². The average molecular weight is 244 g/mol. The van der Waals surface area contributed by atoms with Gasteiger partial charge in [-0.1, -0.05) is 26.8 Å². The molecule has 0 amide bonds. The Bertz CT molecular complexity index is 487. The first-order valence-electron chi connectivity index (χ1n) is 7.05. The summed E-state index contributed by atoms with van der Waals surface area (Å²) in [7, 11) is 0. The molecule has 0 aliphatic heterocycles. The molecule has 1 aliphatic carbocycles. The van der Waals surface area contributed by atoms with Crippen LogP contribution >= 0.6 is 0 Å². The van der Waals surface area contributed by atoms with Gasteiger partial charge in [-0.15, -0.1) is 0 Å². The number of rotatable bonds is 2. The Morgan fingerprint density at radius 2 is 2.11 bits per heavy atom. The van der Waals surface area contributed by atoms with Gasteiger partial charge in [0, 0.05) is 5.56 Å². The maximum Gasteiger partial charge on any atom is 0.160 e. The fourth-order valence-electron chi connectivity index (χ4n) is 3.23. The standard InChI is InChI=1S/C17H24O/c1-6-17(5)8-7-11(2)15-10-14(13(4)18)12(3)9-16(15)17/h9-11H,6-8H2,1-5H3/t11-,17-/m0/s1. The van der Waals surface area contributed by atoms with Gasteiger partial charge in [-0.05, 0) is 67.2 Å². The molecule has 1 aromatic rings. The molecule has 2 atom stereocenters. The topological polar surface area (TPSA) is 17.1 Å². The Balaban J connectivity index is 2.65. The third-order valence-corrected chi connectivity index (χ3v) is 4.87. The van der Waals surface area contributed by atoms with E-state index < -0.39 is 0 Å². The SMILES string of the molecule is CC[C@@]1(C)CC[C@H](C)c2cc(C(C)=O)c(C)cc21. The Morgan fingerprint density at radius 1 is 1.44 bits per heavy atom. The van der Waals surface area contributed by atoms with E-state index in [2.05, 4.69) is 39.8 Å². The van der Waals surface area contributed by atoms with Crippen molar-refractivity contribution < 1.29 is 4.79 Å². The predicted molar refractivity (Wildman–Crippen MR) is 76.5 cm³/mol. The molecule has 0 saturated carbocycles. The predicted octanol–water partition coefficient (Wildman–Crippen LogP) is 4.76. The summed E-state index contributed by atoms with van der Waals surface area (Å²) in [6, 6.07) is 4.43. The molecule has 1 aromatic carbocycles. The Hall–Kier alpha value is -1.11. The number of ketones is 1.